The summed E-state index contributed by atoms with van der Waals surface area (Å²) in [6.45, 7) is 4.90. The summed E-state index contributed by atoms with van der Waals surface area (Å²) in [5.41, 5.74) is 0. The van der Waals surface area contributed by atoms with Gasteiger partial charge >= 0.3 is 0 Å². The van der Waals surface area contributed by atoms with Gasteiger partial charge in [0, 0.05) is 13.1 Å². The molecule has 0 radical (unpaired) electrons. The van der Waals surface area contributed by atoms with Gasteiger partial charge in [0.25, 0.3) is 0 Å². The molecule has 0 spiro atoms. The molecule has 1 heterocycles. The van der Waals surface area contributed by atoms with E-state index in [1.807, 2.05) is 11.8 Å². The van der Waals surface area contributed by atoms with Crippen LogP contribution in [-0.4, -0.2) is 37.6 Å². The van der Waals surface area contributed by atoms with Crippen LogP contribution in [0.5, 0.6) is 0 Å². The molecule has 0 aromatic carbocycles. The second-order valence-electron chi connectivity index (χ2n) is 4.35. The van der Waals surface area contributed by atoms with Crippen LogP contribution in [-0.2, 0) is 4.79 Å². The molecule has 2 atom stereocenters. The third-order valence-corrected chi connectivity index (χ3v) is 3.65. The minimum absolute atomic E-state index is 0.195. The molecule has 1 aliphatic rings. The summed E-state index contributed by atoms with van der Waals surface area (Å²) in [6, 6.07) is 0. The summed E-state index contributed by atoms with van der Waals surface area (Å²) >= 11 is 1.83. The quantitative estimate of drug-likeness (QED) is 0.743. The molecule has 88 valence electrons. The largest absolute Gasteiger partial charge is 0.356 e. The molecule has 2 unspecified atom stereocenters. The fourth-order valence-corrected chi connectivity index (χ4v) is 2.53. The highest BCUT2D eigenvalue weighted by atomic mass is 32.2. The number of thioether (sulfide) groups is 1. The van der Waals surface area contributed by atoms with E-state index in [1.54, 1.807) is 0 Å². The maximum atomic E-state index is 11.7. The normalized spacial score (nSPS) is 23.5. The molecule has 0 aromatic heterocycles. The van der Waals surface area contributed by atoms with Crippen LogP contribution in [0.15, 0.2) is 0 Å². The van der Waals surface area contributed by atoms with E-state index in [1.165, 1.54) is 0 Å². The second-order valence-corrected chi connectivity index (χ2v) is 5.26. The third kappa shape index (κ3) is 4.89. The Morgan fingerprint density at radius 2 is 2.47 bits per heavy atom. The lowest BCUT2D eigenvalue weighted by Gasteiger charge is -2.22. The van der Waals surface area contributed by atoms with Gasteiger partial charge < -0.3 is 10.6 Å². The Bertz CT molecular complexity index is 193. The lowest BCUT2D eigenvalue weighted by atomic mass is 9.99. The first kappa shape index (κ1) is 12.8. The molecule has 2 N–H and O–H groups in total. The van der Waals surface area contributed by atoms with Crippen LogP contribution in [0.4, 0.5) is 0 Å². The van der Waals surface area contributed by atoms with Gasteiger partial charge in [0.05, 0.1) is 5.92 Å². The van der Waals surface area contributed by atoms with E-state index in [2.05, 4.69) is 23.8 Å². The van der Waals surface area contributed by atoms with E-state index in [-0.39, 0.29) is 11.8 Å². The van der Waals surface area contributed by atoms with Crippen molar-refractivity contribution in [3.05, 3.63) is 0 Å². The van der Waals surface area contributed by atoms with Crippen LogP contribution in [0.25, 0.3) is 0 Å². The highest BCUT2D eigenvalue weighted by Crippen LogP contribution is 2.10. The summed E-state index contributed by atoms with van der Waals surface area (Å²) in [5, 5.41) is 6.31. The molecule has 0 aromatic rings. The minimum Gasteiger partial charge on any atom is -0.356 e. The van der Waals surface area contributed by atoms with Crippen LogP contribution in [0.3, 0.4) is 0 Å². The van der Waals surface area contributed by atoms with E-state index in [9.17, 15) is 4.79 Å². The topological polar surface area (TPSA) is 41.1 Å². The van der Waals surface area contributed by atoms with Crippen molar-refractivity contribution < 1.29 is 4.79 Å². The monoisotopic (exact) mass is 230 g/mol. The highest BCUT2D eigenvalue weighted by molar-refractivity contribution is 7.98. The van der Waals surface area contributed by atoms with Gasteiger partial charge in [0.15, 0.2) is 0 Å². The number of rotatable bonds is 5. The van der Waals surface area contributed by atoms with Gasteiger partial charge in [-0.25, -0.2) is 0 Å². The summed E-state index contributed by atoms with van der Waals surface area (Å²) < 4.78 is 0. The number of carbonyl (C=O) groups is 1. The van der Waals surface area contributed by atoms with E-state index in [4.69, 9.17) is 0 Å². The minimum atomic E-state index is 0.195. The fourth-order valence-electron chi connectivity index (χ4n) is 1.84. The Labute approximate surface area is 96.8 Å². The third-order valence-electron chi connectivity index (χ3n) is 2.74. The van der Waals surface area contributed by atoms with E-state index in [0.717, 1.165) is 38.2 Å². The number of hydrogen-bond donors (Lipinski definition) is 2. The Hall–Kier alpha value is -0.220. The van der Waals surface area contributed by atoms with E-state index >= 15 is 0 Å². The maximum Gasteiger partial charge on any atom is 0.224 e. The zero-order valence-electron chi connectivity index (χ0n) is 9.71. The number of piperidine rings is 1. The van der Waals surface area contributed by atoms with Crippen molar-refractivity contribution >= 4 is 17.7 Å². The average Bonchev–Trinajstić information content (AvgIpc) is 2.27. The SMILES string of the molecule is CSCC(C)CNC(=O)C1CCCNC1. The first-order valence-corrected chi connectivity index (χ1v) is 7.10. The van der Waals surface area contributed by atoms with Gasteiger partial charge in [-0.05, 0) is 37.3 Å². The number of amides is 1. The summed E-state index contributed by atoms with van der Waals surface area (Å²) in [4.78, 5) is 11.7. The van der Waals surface area contributed by atoms with Crippen molar-refractivity contribution in [2.75, 3.05) is 31.6 Å². The highest BCUT2D eigenvalue weighted by Gasteiger charge is 2.20. The zero-order valence-corrected chi connectivity index (χ0v) is 10.5. The lowest BCUT2D eigenvalue weighted by molar-refractivity contribution is -0.125. The number of nitrogens with one attached hydrogen (secondary N) is 2. The van der Waals surface area contributed by atoms with Crippen LogP contribution >= 0.6 is 11.8 Å². The molecule has 1 amide bonds. The van der Waals surface area contributed by atoms with Crippen molar-refractivity contribution in [1.82, 2.24) is 10.6 Å². The van der Waals surface area contributed by atoms with Crippen LogP contribution in [0.1, 0.15) is 19.8 Å². The molecule has 1 aliphatic heterocycles. The summed E-state index contributed by atoms with van der Waals surface area (Å²) in [7, 11) is 0. The Kier molecular flexibility index (Phi) is 6.10. The van der Waals surface area contributed by atoms with Crippen molar-refractivity contribution in [3.63, 3.8) is 0 Å². The standard InChI is InChI=1S/C11H22N2OS/c1-9(8-15-2)6-13-11(14)10-4-3-5-12-7-10/h9-10,12H,3-8H2,1-2H3,(H,13,14). The first-order chi connectivity index (χ1) is 7.24. The fraction of sp³-hybridized carbons (Fsp3) is 0.909. The molecule has 0 saturated carbocycles. The van der Waals surface area contributed by atoms with Gasteiger partial charge in [-0.2, -0.15) is 11.8 Å². The van der Waals surface area contributed by atoms with Gasteiger partial charge in [0.2, 0.25) is 5.91 Å². The van der Waals surface area contributed by atoms with Gasteiger partial charge in [-0.1, -0.05) is 6.92 Å². The lowest BCUT2D eigenvalue weighted by Crippen LogP contribution is -2.41. The van der Waals surface area contributed by atoms with Crippen molar-refractivity contribution in [1.29, 1.82) is 0 Å². The van der Waals surface area contributed by atoms with Crippen molar-refractivity contribution in [2.45, 2.75) is 19.8 Å². The van der Waals surface area contributed by atoms with Crippen molar-refractivity contribution in [3.8, 4) is 0 Å². The molecule has 0 aliphatic carbocycles. The molecule has 15 heavy (non-hydrogen) atoms. The molecule has 0 bridgehead atoms. The zero-order chi connectivity index (χ0) is 11.1. The molecule has 4 heteroatoms. The number of hydrogen-bond acceptors (Lipinski definition) is 3. The van der Waals surface area contributed by atoms with Gasteiger partial charge in [-0.15, -0.1) is 0 Å². The Morgan fingerprint density at radius 1 is 1.67 bits per heavy atom. The van der Waals surface area contributed by atoms with E-state index in [0.29, 0.717) is 5.92 Å². The maximum absolute atomic E-state index is 11.7. The predicted octanol–water partition coefficient (Wildman–Crippen LogP) is 1.10. The van der Waals surface area contributed by atoms with Gasteiger partial charge in [0.1, 0.15) is 0 Å². The second kappa shape index (κ2) is 7.12. The van der Waals surface area contributed by atoms with Crippen LogP contribution in [0, 0.1) is 11.8 Å². The van der Waals surface area contributed by atoms with Gasteiger partial charge in [-0.3, -0.25) is 4.79 Å². The molecular formula is C11H22N2OS. The molecule has 1 rings (SSSR count). The smallest absolute Gasteiger partial charge is 0.224 e. The Balaban J connectivity index is 2.16. The molecule has 3 nitrogen and oxygen atoms in total. The molecule has 1 fully saturated rings. The first-order valence-electron chi connectivity index (χ1n) is 5.71. The average molecular weight is 230 g/mol. The summed E-state index contributed by atoms with van der Waals surface area (Å²) in [5.74, 6) is 2.11. The summed E-state index contributed by atoms with van der Waals surface area (Å²) in [6.07, 6.45) is 4.26. The number of carbonyl (C=O) groups excluding carboxylic acids is 1. The van der Waals surface area contributed by atoms with Crippen LogP contribution < -0.4 is 10.6 Å². The van der Waals surface area contributed by atoms with E-state index < -0.39 is 0 Å². The Morgan fingerprint density at radius 3 is 3.07 bits per heavy atom. The molecule has 1 saturated heterocycles. The molecular weight excluding hydrogens is 208 g/mol. The van der Waals surface area contributed by atoms with Crippen LogP contribution in [0.2, 0.25) is 0 Å². The van der Waals surface area contributed by atoms with Crippen molar-refractivity contribution in [2.24, 2.45) is 11.8 Å². The predicted molar refractivity (Wildman–Crippen MR) is 66.1 cm³/mol.